The molecule has 0 heterocycles. The molecule has 0 saturated carbocycles. The van der Waals surface area contributed by atoms with Crippen LogP contribution in [0, 0.1) is 9.39 Å². The fourth-order valence-electron chi connectivity index (χ4n) is 0.989. The van der Waals surface area contributed by atoms with Crippen LogP contribution in [-0.2, 0) is 20.7 Å². The number of halogens is 2. The van der Waals surface area contributed by atoms with Crippen molar-refractivity contribution in [2.75, 3.05) is 7.11 Å². The maximum Gasteiger partial charge on any atom is 0.528 e. The summed E-state index contributed by atoms with van der Waals surface area (Å²) in [5.41, 5.74) is 0.694. The van der Waals surface area contributed by atoms with Crippen molar-refractivity contribution in [1.29, 1.82) is 0 Å². The maximum absolute atomic E-state index is 12.9. The first kappa shape index (κ1) is 12.6. The molecule has 15 heavy (non-hydrogen) atoms. The molecule has 1 aromatic carbocycles. The Balaban J connectivity index is 2.64. The molecule has 0 unspecified atom stereocenters. The van der Waals surface area contributed by atoms with Gasteiger partial charge in [-0.1, -0.05) is 0 Å². The summed E-state index contributed by atoms with van der Waals surface area (Å²) >= 11 is 2.07. The van der Waals surface area contributed by atoms with E-state index < -0.39 is 7.12 Å². The van der Waals surface area contributed by atoms with Crippen LogP contribution in [0.1, 0.15) is 5.56 Å². The normalized spacial score (nSPS) is 10.1. The molecule has 0 aliphatic heterocycles. The minimum atomic E-state index is -0.899. The molecule has 0 aliphatic rings. The quantitative estimate of drug-likeness (QED) is 0.472. The molecule has 0 aromatic heterocycles. The molecule has 0 atom stereocenters. The van der Waals surface area contributed by atoms with E-state index in [4.69, 9.17) is 9.31 Å². The minimum absolute atomic E-state index is 0.146. The van der Waals surface area contributed by atoms with E-state index in [0.717, 1.165) is 3.57 Å². The first-order valence-corrected chi connectivity index (χ1v) is 5.29. The summed E-state index contributed by atoms with van der Waals surface area (Å²) in [6.07, 6.45) is 0.548. The van der Waals surface area contributed by atoms with Crippen molar-refractivity contribution in [3.05, 3.63) is 33.1 Å². The topological polar surface area (TPSA) is 35.5 Å². The van der Waals surface area contributed by atoms with Crippen LogP contribution in [0.3, 0.4) is 0 Å². The Hall–Kier alpha value is -0.465. The van der Waals surface area contributed by atoms with Gasteiger partial charge in [-0.25, -0.2) is 4.39 Å². The lowest BCUT2D eigenvalue weighted by Crippen LogP contribution is -2.23. The van der Waals surface area contributed by atoms with Gasteiger partial charge in [0, 0.05) is 10.7 Å². The molecule has 0 saturated heterocycles. The summed E-state index contributed by atoms with van der Waals surface area (Å²) in [5, 5.41) is 0. The highest BCUT2D eigenvalue weighted by Gasteiger charge is 2.15. The van der Waals surface area contributed by atoms with Gasteiger partial charge >= 0.3 is 7.12 Å². The van der Waals surface area contributed by atoms with Gasteiger partial charge in [-0.05, 0) is 46.4 Å². The van der Waals surface area contributed by atoms with E-state index in [0.29, 0.717) is 11.7 Å². The molecule has 0 aliphatic carbocycles. The standard InChI is InChI=1S/C9H9BFIO3/c1-14-10(6-13)15-5-7-4-8(11)2-3-9(7)12/h2-4,6H,5H2,1H3. The van der Waals surface area contributed by atoms with Gasteiger partial charge in [-0.2, -0.15) is 0 Å². The van der Waals surface area contributed by atoms with Crippen LogP contribution in [0.25, 0.3) is 0 Å². The second-order valence-electron chi connectivity index (χ2n) is 2.79. The van der Waals surface area contributed by atoms with Gasteiger partial charge in [0.1, 0.15) is 5.82 Å². The Morgan fingerprint density at radius 1 is 1.60 bits per heavy atom. The van der Waals surface area contributed by atoms with E-state index in [1.54, 1.807) is 6.07 Å². The van der Waals surface area contributed by atoms with Crippen molar-refractivity contribution in [3.8, 4) is 0 Å². The SMILES string of the molecule is COB(C=O)OCc1cc(F)ccc1I. The maximum atomic E-state index is 12.9. The zero-order valence-corrected chi connectivity index (χ0v) is 10.2. The molecule has 80 valence electrons. The third-order valence-electron chi connectivity index (χ3n) is 1.75. The van der Waals surface area contributed by atoms with Crippen LogP contribution in [0.4, 0.5) is 4.39 Å². The molecule has 1 rings (SSSR count). The van der Waals surface area contributed by atoms with Gasteiger partial charge in [-0.15, -0.1) is 0 Å². The predicted octanol–water partition coefficient (Wildman–Crippen LogP) is 1.85. The molecular weight excluding hydrogens is 313 g/mol. The second-order valence-corrected chi connectivity index (χ2v) is 3.95. The molecule has 1 aromatic rings. The van der Waals surface area contributed by atoms with Crippen LogP contribution in [0.5, 0.6) is 0 Å². The largest absolute Gasteiger partial charge is 0.528 e. The highest BCUT2D eigenvalue weighted by atomic mass is 127. The van der Waals surface area contributed by atoms with Crippen LogP contribution in [-0.4, -0.2) is 20.4 Å². The van der Waals surface area contributed by atoms with Crippen LogP contribution in [0.2, 0.25) is 0 Å². The average Bonchev–Trinajstić information content (AvgIpc) is 2.24. The van der Waals surface area contributed by atoms with Gasteiger partial charge in [-0.3, -0.25) is 0 Å². The van der Waals surface area contributed by atoms with E-state index in [-0.39, 0.29) is 12.4 Å². The van der Waals surface area contributed by atoms with Crippen molar-refractivity contribution in [2.45, 2.75) is 6.61 Å². The Kier molecular flexibility index (Phi) is 5.20. The van der Waals surface area contributed by atoms with Crippen molar-refractivity contribution < 1.29 is 18.5 Å². The monoisotopic (exact) mass is 322 g/mol. The van der Waals surface area contributed by atoms with Gasteiger partial charge in [0.15, 0.2) is 6.19 Å². The van der Waals surface area contributed by atoms with Crippen molar-refractivity contribution >= 4 is 35.9 Å². The highest BCUT2D eigenvalue weighted by Crippen LogP contribution is 2.14. The van der Waals surface area contributed by atoms with Gasteiger partial charge in [0.25, 0.3) is 0 Å². The molecule has 0 bridgehead atoms. The molecule has 0 radical (unpaired) electrons. The summed E-state index contributed by atoms with van der Waals surface area (Å²) in [6.45, 7) is 0.146. The smallest absolute Gasteiger partial charge is 0.408 e. The lowest BCUT2D eigenvalue weighted by atomic mass is 9.94. The lowest BCUT2D eigenvalue weighted by Gasteiger charge is -2.08. The molecule has 0 amide bonds. The van der Waals surface area contributed by atoms with Gasteiger partial charge in [0.05, 0.1) is 6.61 Å². The third-order valence-corrected chi connectivity index (χ3v) is 2.81. The minimum Gasteiger partial charge on any atom is -0.408 e. The second kappa shape index (κ2) is 6.19. The first-order valence-electron chi connectivity index (χ1n) is 4.21. The first-order chi connectivity index (χ1) is 7.17. The summed E-state index contributed by atoms with van der Waals surface area (Å²) in [6, 6.07) is 4.40. The van der Waals surface area contributed by atoms with E-state index in [9.17, 15) is 9.18 Å². The van der Waals surface area contributed by atoms with Gasteiger partial charge in [0.2, 0.25) is 0 Å². The summed E-state index contributed by atoms with van der Waals surface area (Å²) < 4.78 is 23.6. The Morgan fingerprint density at radius 2 is 2.33 bits per heavy atom. The number of hydrogen-bond acceptors (Lipinski definition) is 3. The molecule has 0 fully saturated rings. The number of hydrogen-bond donors (Lipinski definition) is 0. The molecule has 0 N–H and O–H groups in total. The third kappa shape index (κ3) is 3.88. The van der Waals surface area contributed by atoms with Crippen molar-refractivity contribution in [3.63, 3.8) is 0 Å². The summed E-state index contributed by atoms with van der Waals surface area (Å²) in [4.78, 5) is 10.4. The molecule has 0 spiro atoms. The Labute approximate surface area is 101 Å². The predicted molar refractivity (Wildman–Crippen MR) is 63.4 cm³/mol. The average molecular weight is 322 g/mol. The van der Waals surface area contributed by atoms with Crippen molar-refractivity contribution in [1.82, 2.24) is 0 Å². The zero-order chi connectivity index (χ0) is 11.3. The van der Waals surface area contributed by atoms with E-state index >= 15 is 0 Å². The van der Waals surface area contributed by atoms with E-state index in [2.05, 4.69) is 22.6 Å². The van der Waals surface area contributed by atoms with Crippen molar-refractivity contribution in [2.24, 2.45) is 0 Å². The number of rotatable bonds is 5. The molecule has 6 heteroatoms. The van der Waals surface area contributed by atoms with Crippen LogP contribution in [0.15, 0.2) is 18.2 Å². The molecule has 3 nitrogen and oxygen atoms in total. The summed E-state index contributed by atoms with van der Waals surface area (Å²) in [7, 11) is 0.472. The zero-order valence-electron chi connectivity index (χ0n) is 8.07. The number of carbonyl (C=O) groups is 1. The van der Waals surface area contributed by atoms with E-state index in [1.165, 1.54) is 19.2 Å². The van der Waals surface area contributed by atoms with Gasteiger partial charge < -0.3 is 14.1 Å². The Bertz CT molecular complexity index is 348. The fraction of sp³-hybridized carbons (Fsp3) is 0.222. The number of benzene rings is 1. The fourth-order valence-corrected chi connectivity index (χ4v) is 1.48. The number of carbonyl (C=O) groups excluding carboxylic acids is 1. The summed E-state index contributed by atoms with van der Waals surface area (Å²) in [5.74, 6) is -0.325. The lowest BCUT2D eigenvalue weighted by molar-refractivity contribution is 0.232. The van der Waals surface area contributed by atoms with Crippen LogP contribution < -0.4 is 0 Å². The molecular formula is C9H9BFIO3. The Morgan fingerprint density at radius 3 is 2.93 bits per heavy atom. The van der Waals surface area contributed by atoms with Crippen LogP contribution >= 0.6 is 22.6 Å². The van der Waals surface area contributed by atoms with E-state index in [1.807, 2.05) is 0 Å². The highest BCUT2D eigenvalue weighted by molar-refractivity contribution is 14.1.